The van der Waals surface area contributed by atoms with Crippen molar-refractivity contribution < 1.29 is 4.79 Å². The summed E-state index contributed by atoms with van der Waals surface area (Å²) in [4.78, 5) is 14.2. The lowest BCUT2D eigenvalue weighted by molar-refractivity contribution is -0.117. The van der Waals surface area contributed by atoms with E-state index in [-0.39, 0.29) is 5.91 Å². The van der Waals surface area contributed by atoms with Gasteiger partial charge in [-0.15, -0.1) is 5.10 Å². The third-order valence-electron chi connectivity index (χ3n) is 3.87. The Bertz CT molecular complexity index is 820. The number of amides is 1. The van der Waals surface area contributed by atoms with Crippen LogP contribution in [0.2, 0.25) is 0 Å². The number of likely N-dealkylation sites (N-methyl/N-ethyl adjacent to an activating group) is 1. The van der Waals surface area contributed by atoms with Gasteiger partial charge < -0.3 is 4.90 Å². The summed E-state index contributed by atoms with van der Waals surface area (Å²) < 4.78 is 1.58. The predicted octanol–water partition coefficient (Wildman–Crippen LogP) is 2.48. The number of carbonyl (C=O) groups excluding carboxylic acids is 1. The highest BCUT2D eigenvalue weighted by molar-refractivity contribution is 5.94. The fraction of sp³-hybridized carbons (Fsp3) is 0.222. The third-order valence-corrected chi connectivity index (χ3v) is 3.87. The standard InChI is InChI=1S/C18H19N5O/c1-13-8-14(2)10-17(9-13)22(3)18(24)11-15-4-6-16(7-5-15)23-12-19-20-21-23/h4-10,12H,11H2,1-3H3. The molecule has 0 aliphatic heterocycles. The van der Waals surface area contributed by atoms with Crippen molar-refractivity contribution in [2.75, 3.05) is 11.9 Å². The van der Waals surface area contributed by atoms with Gasteiger partial charge in [0, 0.05) is 12.7 Å². The Morgan fingerprint density at radius 2 is 1.75 bits per heavy atom. The molecule has 0 atom stereocenters. The molecular weight excluding hydrogens is 302 g/mol. The summed E-state index contributed by atoms with van der Waals surface area (Å²) in [6, 6.07) is 13.8. The van der Waals surface area contributed by atoms with Crippen LogP contribution in [0.3, 0.4) is 0 Å². The van der Waals surface area contributed by atoms with Gasteiger partial charge in [-0.2, -0.15) is 0 Å². The van der Waals surface area contributed by atoms with Gasteiger partial charge in [-0.1, -0.05) is 18.2 Å². The topological polar surface area (TPSA) is 63.9 Å². The van der Waals surface area contributed by atoms with Crippen LogP contribution in [-0.2, 0) is 11.2 Å². The second-order valence-electron chi connectivity index (χ2n) is 5.90. The summed E-state index contributed by atoms with van der Waals surface area (Å²) in [5.74, 6) is 0.0511. The summed E-state index contributed by atoms with van der Waals surface area (Å²) in [5, 5.41) is 11.1. The Balaban J connectivity index is 1.72. The van der Waals surface area contributed by atoms with Crippen LogP contribution in [-0.4, -0.2) is 33.2 Å². The summed E-state index contributed by atoms with van der Waals surface area (Å²) in [6.07, 6.45) is 1.88. The molecule has 24 heavy (non-hydrogen) atoms. The van der Waals surface area contributed by atoms with Gasteiger partial charge in [0.1, 0.15) is 6.33 Å². The lowest BCUT2D eigenvalue weighted by Gasteiger charge is -2.19. The summed E-state index contributed by atoms with van der Waals surface area (Å²) in [5.41, 5.74) is 5.03. The Hall–Kier alpha value is -3.02. The van der Waals surface area contributed by atoms with Crippen LogP contribution in [0.4, 0.5) is 5.69 Å². The number of anilines is 1. The number of hydrogen-bond acceptors (Lipinski definition) is 4. The Labute approximate surface area is 140 Å². The van der Waals surface area contributed by atoms with Crippen molar-refractivity contribution in [3.8, 4) is 5.69 Å². The lowest BCUT2D eigenvalue weighted by atomic mass is 10.1. The molecule has 1 aromatic heterocycles. The smallest absolute Gasteiger partial charge is 0.231 e. The van der Waals surface area contributed by atoms with Crippen molar-refractivity contribution in [2.45, 2.75) is 20.3 Å². The van der Waals surface area contributed by atoms with E-state index in [1.165, 1.54) is 6.33 Å². The Kier molecular flexibility index (Phi) is 4.37. The minimum atomic E-state index is 0.0511. The minimum Gasteiger partial charge on any atom is -0.315 e. The van der Waals surface area contributed by atoms with Crippen LogP contribution < -0.4 is 4.90 Å². The highest BCUT2D eigenvalue weighted by Gasteiger charge is 2.12. The first-order chi connectivity index (χ1) is 11.5. The van der Waals surface area contributed by atoms with Crippen LogP contribution in [0.15, 0.2) is 48.8 Å². The molecule has 1 heterocycles. The molecule has 0 saturated carbocycles. The number of carbonyl (C=O) groups is 1. The molecule has 0 fully saturated rings. The van der Waals surface area contributed by atoms with Crippen LogP contribution in [0.1, 0.15) is 16.7 Å². The molecule has 3 aromatic rings. The zero-order valence-electron chi connectivity index (χ0n) is 14.0. The molecule has 0 radical (unpaired) electrons. The van der Waals surface area contributed by atoms with E-state index in [4.69, 9.17) is 0 Å². The number of aromatic nitrogens is 4. The van der Waals surface area contributed by atoms with Crippen molar-refractivity contribution in [2.24, 2.45) is 0 Å². The highest BCUT2D eigenvalue weighted by Crippen LogP contribution is 2.19. The summed E-state index contributed by atoms with van der Waals surface area (Å²) in [6.45, 7) is 4.07. The zero-order valence-corrected chi connectivity index (χ0v) is 14.0. The molecule has 6 nitrogen and oxygen atoms in total. The maximum absolute atomic E-state index is 12.5. The van der Waals surface area contributed by atoms with Gasteiger partial charge in [0.15, 0.2) is 0 Å². The van der Waals surface area contributed by atoms with E-state index >= 15 is 0 Å². The second kappa shape index (κ2) is 6.62. The van der Waals surface area contributed by atoms with Gasteiger partial charge in [0.25, 0.3) is 0 Å². The molecule has 0 spiro atoms. The molecule has 3 rings (SSSR count). The largest absolute Gasteiger partial charge is 0.315 e. The molecule has 1 amide bonds. The van der Waals surface area contributed by atoms with E-state index in [1.54, 1.807) is 9.58 Å². The Morgan fingerprint density at radius 1 is 1.08 bits per heavy atom. The lowest BCUT2D eigenvalue weighted by Crippen LogP contribution is -2.28. The number of nitrogens with zero attached hydrogens (tertiary/aromatic N) is 5. The fourth-order valence-corrected chi connectivity index (χ4v) is 2.63. The van der Waals surface area contributed by atoms with Crippen LogP contribution in [0.25, 0.3) is 5.69 Å². The van der Waals surface area contributed by atoms with Gasteiger partial charge in [-0.05, 0) is 65.2 Å². The average molecular weight is 321 g/mol. The summed E-state index contributed by atoms with van der Waals surface area (Å²) >= 11 is 0. The van der Waals surface area contributed by atoms with Crippen LogP contribution >= 0.6 is 0 Å². The maximum Gasteiger partial charge on any atom is 0.231 e. The van der Waals surface area contributed by atoms with Crippen molar-refractivity contribution in [3.05, 3.63) is 65.5 Å². The first-order valence-electron chi connectivity index (χ1n) is 7.70. The Morgan fingerprint density at radius 3 is 2.33 bits per heavy atom. The van der Waals surface area contributed by atoms with E-state index in [2.05, 4.69) is 21.6 Å². The summed E-state index contributed by atoms with van der Waals surface area (Å²) in [7, 11) is 1.81. The molecular formula is C18H19N5O. The molecule has 122 valence electrons. The average Bonchev–Trinajstić information content (AvgIpc) is 3.08. The molecule has 0 unspecified atom stereocenters. The fourth-order valence-electron chi connectivity index (χ4n) is 2.63. The predicted molar refractivity (Wildman–Crippen MR) is 92.2 cm³/mol. The number of tetrazole rings is 1. The van der Waals surface area contributed by atoms with E-state index in [1.807, 2.05) is 57.3 Å². The first kappa shape index (κ1) is 15.9. The monoisotopic (exact) mass is 321 g/mol. The van der Waals surface area contributed by atoms with E-state index in [9.17, 15) is 4.79 Å². The van der Waals surface area contributed by atoms with Gasteiger partial charge in [-0.25, -0.2) is 4.68 Å². The van der Waals surface area contributed by atoms with Gasteiger partial charge in [0.2, 0.25) is 5.91 Å². The number of hydrogen-bond donors (Lipinski definition) is 0. The van der Waals surface area contributed by atoms with Crippen molar-refractivity contribution in [1.82, 2.24) is 20.2 Å². The molecule has 0 saturated heterocycles. The normalized spacial score (nSPS) is 10.6. The maximum atomic E-state index is 12.5. The molecule has 2 aromatic carbocycles. The van der Waals surface area contributed by atoms with E-state index in [0.717, 1.165) is 28.1 Å². The molecule has 6 heteroatoms. The van der Waals surface area contributed by atoms with Gasteiger partial charge >= 0.3 is 0 Å². The van der Waals surface area contributed by atoms with Gasteiger partial charge in [-0.3, -0.25) is 4.79 Å². The molecule has 0 N–H and O–H groups in total. The quantitative estimate of drug-likeness (QED) is 0.740. The number of benzene rings is 2. The van der Waals surface area contributed by atoms with E-state index in [0.29, 0.717) is 6.42 Å². The molecule has 0 bridgehead atoms. The van der Waals surface area contributed by atoms with Crippen LogP contribution in [0.5, 0.6) is 0 Å². The van der Waals surface area contributed by atoms with Gasteiger partial charge in [0.05, 0.1) is 12.1 Å². The van der Waals surface area contributed by atoms with Crippen molar-refractivity contribution in [3.63, 3.8) is 0 Å². The van der Waals surface area contributed by atoms with Crippen molar-refractivity contribution >= 4 is 11.6 Å². The molecule has 0 aliphatic rings. The second-order valence-corrected chi connectivity index (χ2v) is 5.90. The zero-order chi connectivity index (χ0) is 17.1. The SMILES string of the molecule is Cc1cc(C)cc(N(C)C(=O)Cc2ccc(-n3cnnn3)cc2)c1. The third kappa shape index (κ3) is 3.48. The molecule has 0 aliphatic carbocycles. The number of rotatable bonds is 4. The van der Waals surface area contributed by atoms with E-state index < -0.39 is 0 Å². The first-order valence-corrected chi connectivity index (χ1v) is 7.70. The minimum absolute atomic E-state index is 0.0511. The van der Waals surface area contributed by atoms with Crippen LogP contribution in [0, 0.1) is 13.8 Å². The highest BCUT2D eigenvalue weighted by atomic mass is 16.2. The van der Waals surface area contributed by atoms with Crippen molar-refractivity contribution in [1.29, 1.82) is 0 Å². The number of aryl methyl sites for hydroxylation is 2.